The van der Waals surface area contributed by atoms with Crippen molar-refractivity contribution in [3.8, 4) is 0 Å². The van der Waals surface area contributed by atoms with Crippen LogP contribution in [0.3, 0.4) is 0 Å². The molecule has 15 heavy (non-hydrogen) atoms. The lowest BCUT2D eigenvalue weighted by Gasteiger charge is -2.05. The Bertz CT molecular complexity index is 211. The largest absolute Gasteiger partial charge is 0.460 e. The van der Waals surface area contributed by atoms with E-state index in [9.17, 15) is 4.79 Å². The first-order valence-electron chi connectivity index (χ1n) is 4.77. The maximum atomic E-state index is 10.9. The fraction of sp³-hybridized carbons (Fsp3) is 0.545. The molecule has 4 heteroatoms. The third-order valence-corrected chi connectivity index (χ3v) is 1.42. The standard InChI is InChI=1S/C11H18O4/c1-4-5-13-6-7-14-8-9-15-11(12)10(2)3/h4H,1-2,5-9H2,3H3. The predicted octanol–water partition coefficient (Wildman–Crippen LogP) is 1.32. The Morgan fingerprint density at radius 1 is 1.20 bits per heavy atom. The van der Waals surface area contributed by atoms with Crippen LogP contribution >= 0.6 is 0 Å². The van der Waals surface area contributed by atoms with E-state index < -0.39 is 0 Å². The van der Waals surface area contributed by atoms with Crippen LogP contribution in [0.2, 0.25) is 0 Å². The van der Waals surface area contributed by atoms with Gasteiger partial charge in [0.25, 0.3) is 0 Å². The van der Waals surface area contributed by atoms with Gasteiger partial charge in [0, 0.05) is 5.57 Å². The molecule has 0 N–H and O–H groups in total. The van der Waals surface area contributed by atoms with E-state index in [0.717, 1.165) is 0 Å². The molecule has 0 heterocycles. The third kappa shape index (κ3) is 9.18. The highest BCUT2D eigenvalue weighted by Gasteiger charge is 2.01. The molecule has 0 aromatic heterocycles. The molecule has 0 saturated heterocycles. The van der Waals surface area contributed by atoms with E-state index in [1.54, 1.807) is 13.0 Å². The zero-order chi connectivity index (χ0) is 11.5. The van der Waals surface area contributed by atoms with Gasteiger partial charge in [-0.1, -0.05) is 12.7 Å². The highest BCUT2D eigenvalue weighted by atomic mass is 16.6. The summed E-state index contributed by atoms with van der Waals surface area (Å²) in [5.74, 6) is -0.387. The van der Waals surface area contributed by atoms with E-state index in [1.165, 1.54) is 0 Å². The Morgan fingerprint density at radius 2 is 1.80 bits per heavy atom. The molecule has 0 radical (unpaired) electrons. The first-order valence-corrected chi connectivity index (χ1v) is 4.77. The van der Waals surface area contributed by atoms with Crippen LogP contribution in [0.25, 0.3) is 0 Å². The molecule has 86 valence electrons. The summed E-state index contributed by atoms with van der Waals surface area (Å²) in [5.41, 5.74) is 0.393. The number of esters is 1. The van der Waals surface area contributed by atoms with Crippen LogP contribution < -0.4 is 0 Å². The summed E-state index contributed by atoms with van der Waals surface area (Å²) in [5, 5.41) is 0. The molecule has 0 amide bonds. The van der Waals surface area contributed by atoms with E-state index in [4.69, 9.17) is 14.2 Å². The molecular weight excluding hydrogens is 196 g/mol. The second kappa shape index (κ2) is 9.43. The summed E-state index contributed by atoms with van der Waals surface area (Å²) >= 11 is 0. The van der Waals surface area contributed by atoms with Gasteiger partial charge in [-0.2, -0.15) is 0 Å². The minimum Gasteiger partial charge on any atom is -0.460 e. The lowest BCUT2D eigenvalue weighted by molar-refractivity contribution is -0.140. The molecule has 0 aliphatic heterocycles. The quantitative estimate of drug-likeness (QED) is 0.251. The van der Waals surface area contributed by atoms with Crippen molar-refractivity contribution in [1.29, 1.82) is 0 Å². The fourth-order valence-electron chi connectivity index (χ4n) is 0.703. The Kier molecular flexibility index (Phi) is 8.72. The van der Waals surface area contributed by atoms with E-state index in [-0.39, 0.29) is 12.6 Å². The normalized spacial score (nSPS) is 9.67. The highest BCUT2D eigenvalue weighted by molar-refractivity contribution is 5.86. The van der Waals surface area contributed by atoms with Gasteiger partial charge in [-0.3, -0.25) is 0 Å². The molecule has 0 aromatic rings. The minimum absolute atomic E-state index is 0.243. The molecule has 0 spiro atoms. The number of hydrogen-bond donors (Lipinski definition) is 0. The first kappa shape index (κ1) is 13.9. The van der Waals surface area contributed by atoms with Crippen molar-refractivity contribution in [2.45, 2.75) is 6.92 Å². The molecule has 4 nitrogen and oxygen atoms in total. The molecule has 0 unspecified atom stereocenters. The Balaban J connectivity index is 3.14. The number of carbonyl (C=O) groups excluding carboxylic acids is 1. The lowest BCUT2D eigenvalue weighted by atomic mass is 10.4. The van der Waals surface area contributed by atoms with Gasteiger partial charge in [0.1, 0.15) is 6.61 Å². The van der Waals surface area contributed by atoms with Crippen LogP contribution in [0.5, 0.6) is 0 Å². The zero-order valence-electron chi connectivity index (χ0n) is 9.16. The maximum Gasteiger partial charge on any atom is 0.333 e. The van der Waals surface area contributed by atoms with Gasteiger partial charge in [0.2, 0.25) is 0 Å². The Morgan fingerprint density at radius 3 is 2.40 bits per heavy atom. The van der Waals surface area contributed by atoms with Gasteiger partial charge < -0.3 is 14.2 Å². The van der Waals surface area contributed by atoms with Crippen molar-refractivity contribution in [2.75, 3.05) is 33.0 Å². The van der Waals surface area contributed by atoms with E-state index in [2.05, 4.69) is 13.2 Å². The number of hydrogen-bond acceptors (Lipinski definition) is 4. The summed E-state index contributed by atoms with van der Waals surface area (Å²) in [6.07, 6.45) is 1.68. The minimum atomic E-state index is -0.387. The van der Waals surface area contributed by atoms with E-state index in [0.29, 0.717) is 32.0 Å². The zero-order valence-corrected chi connectivity index (χ0v) is 9.16. The van der Waals surface area contributed by atoms with Gasteiger partial charge in [0.05, 0.1) is 26.4 Å². The fourth-order valence-corrected chi connectivity index (χ4v) is 0.703. The molecule has 0 bridgehead atoms. The molecular formula is C11H18O4. The van der Waals surface area contributed by atoms with E-state index >= 15 is 0 Å². The average molecular weight is 214 g/mol. The monoisotopic (exact) mass is 214 g/mol. The van der Waals surface area contributed by atoms with Crippen molar-refractivity contribution in [1.82, 2.24) is 0 Å². The smallest absolute Gasteiger partial charge is 0.333 e. The molecule has 0 rings (SSSR count). The second-order valence-electron chi connectivity index (χ2n) is 2.89. The molecule has 0 aromatic carbocycles. The maximum absolute atomic E-state index is 10.9. The average Bonchev–Trinajstić information content (AvgIpc) is 2.21. The number of rotatable bonds is 9. The van der Waals surface area contributed by atoms with Gasteiger partial charge >= 0.3 is 5.97 Å². The summed E-state index contributed by atoms with van der Waals surface area (Å²) in [7, 11) is 0. The van der Waals surface area contributed by atoms with Crippen molar-refractivity contribution in [3.63, 3.8) is 0 Å². The van der Waals surface area contributed by atoms with Crippen molar-refractivity contribution < 1.29 is 19.0 Å². The van der Waals surface area contributed by atoms with Gasteiger partial charge in [-0.05, 0) is 6.92 Å². The van der Waals surface area contributed by atoms with Crippen LogP contribution in [0.1, 0.15) is 6.92 Å². The van der Waals surface area contributed by atoms with Gasteiger partial charge in [0.15, 0.2) is 0 Å². The van der Waals surface area contributed by atoms with Gasteiger partial charge in [-0.15, -0.1) is 6.58 Å². The number of carbonyl (C=O) groups is 1. The second-order valence-corrected chi connectivity index (χ2v) is 2.89. The predicted molar refractivity (Wildman–Crippen MR) is 57.6 cm³/mol. The van der Waals surface area contributed by atoms with Gasteiger partial charge in [-0.25, -0.2) is 4.79 Å². The summed E-state index contributed by atoms with van der Waals surface area (Å²) in [6.45, 7) is 10.7. The van der Waals surface area contributed by atoms with Crippen molar-refractivity contribution in [2.24, 2.45) is 0 Å². The van der Waals surface area contributed by atoms with Crippen molar-refractivity contribution >= 4 is 5.97 Å². The lowest BCUT2D eigenvalue weighted by Crippen LogP contribution is -2.13. The SMILES string of the molecule is C=CCOCCOCCOC(=O)C(=C)C. The Hall–Kier alpha value is -1.13. The highest BCUT2D eigenvalue weighted by Crippen LogP contribution is 1.91. The molecule has 0 aliphatic carbocycles. The van der Waals surface area contributed by atoms with Crippen LogP contribution in [0, 0.1) is 0 Å². The molecule has 0 fully saturated rings. The van der Waals surface area contributed by atoms with Crippen LogP contribution in [-0.4, -0.2) is 39.0 Å². The third-order valence-electron chi connectivity index (χ3n) is 1.42. The summed E-state index contributed by atoms with van der Waals surface area (Å²) < 4.78 is 15.0. The molecule has 0 saturated carbocycles. The first-order chi connectivity index (χ1) is 7.18. The van der Waals surface area contributed by atoms with E-state index in [1.807, 2.05) is 0 Å². The van der Waals surface area contributed by atoms with Crippen LogP contribution in [-0.2, 0) is 19.0 Å². The Labute approximate surface area is 90.5 Å². The molecule has 0 atom stereocenters. The van der Waals surface area contributed by atoms with Crippen molar-refractivity contribution in [3.05, 3.63) is 24.8 Å². The van der Waals surface area contributed by atoms with Crippen LogP contribution in [0.15, 0.2) is 24.8 Å². The topological polar surface area (TPSA) is 44.8 Å². The number of ether oxygens (including phenoxy) is 3. The molecule has 0 aliphatic rings. The summed E-state index contributed by atoms with van der Waals surface area (Å²) in [6, 6.07) is 0. The van der Waals surface area contributed by atoms with Crippen LogP contribution in [0.4, 0.5) is 0 Å². The summed E-state index contributed by atoms with van der Waals surface area (Å²) in [4.78, 5) is 10.9.